The topological polar surface area (TPSA) is 36.3 Å². The number of para-hydroxylation sites is 3. The number of rotatable bonds is 7. The van der Waals surface area contributed by atoms with Crippen LogP contribution < -0.4 is 9.47 Å². The van der Waals surface area contributed by atoms with Crippen LogP contribution in [0.3, 0.4) is 0 Å². The maximum absolute atomic E-state index is 13.1. The van der Waals surface area contributed by atoms with Crippen LogP contribution in [0.1, 0.15) is 29.8 Å². The molecule has 1 aliphatic carbocycles. The van der Waals surface area contributed by atoms with Gasteiger partial charge in [-0.25, -0.2) is 4.98 Å². The highest BCUT2D eigenvalue weighted by atomic mass is 19.4. The summed E-state index contributed by atoms with van der Waals surface area (Å²) >= 11 is 0. The molecule has 0 aliphatic heterocycles. The van der Waals surface area contributed by atoms with Crippen LogP contribution in [-0.4, -0.2) is 23.3 Å². The minimum Gasteiger partial charge on any atom is -0.493 e. The van der Waals surface area contributed by atoms with Gasteiger partial charge < -0.3 is 9.47 Å². The molecule has 34 heavy (non-hydrogen) atoms. The summed E-state index contributed by atoms with van der Waals surface area (Å²) in [5.74, 6) is 2.51. The van der Waals surface area contributed by atoms with Gasteiger partial charge >= 0.3 is 6.18 Å². The van der Waals surface area contributed by atoms with Crippen molar-refractivity contribution in [3.63, 3.8) is 0 Å². The van der Waals surface area contributed by atoms with Crippen molar-refractivity contribution in [1.82, 2.24) is 9.55 Å². The predicted octanol–water partition coefficient (Wildman–Crippen LogP) is 7.01. The van der Waals surface area contributed by atoms with Gasteiger partial charge in [0, 0.05) is 11.3 Å². The molecule has 4 nitrogen and oxygen atoms in total. The Kier molecular flexibility index (Phi) is 5.77. The van der Waals surface area contributed by atoms with Crippen LogP contribution in [0, 0.1) is 5.92 Å². The van der Waals surface area contributed by atoms with Crippen molar-refractivity contribution in [1.29, 1.82) is 0 Å². The number of fused-ring (bicyclic) bond motifs is 1. The lowest BCUT2D eigenvalue weighted by Gasteiger charge is -2.13. The number of aromatic nitrogens is 2. The molecule has 0 spiro atoms. The molecule has 0 unspecified atom stereocenters. The average molecular weight is 464 g/mol. The van der Waals surface area contributed by atoms with Gasteiger partial charge in [0.1, 0.15) is 5.82 Å². The predicted molar refractivity (Wildman–Crippen MR) is 126 cm³/mol. The molecule has 174 valence electrons. The Morgan fingerprint density at radius 1 is 0.971 bits per heavy atom. The molecule has 1 heterocycles. The van der Waals surface area contributed by atoms with Gasteiger partial charge in [-0.15, -0.1) is 0 Å². The molecule has 1 aliphatic rings. The van der Waals surface area contributed by atoms with Crippen molar-refractivity contribution in [3.05, 3.63) is 83.7 Å². The zero-order chi connectivity index (χ0) is 23.7. The van der Waals surface area contributed by atoms with E-state index in [4.69, 9.17) is 14.5 Å². The number of imidazole rings is 1. The molecule has 0 atom stereocenters. The Labute approximate surface area is 195 Å². The van der Waals surface area contributed by atoms with E-state index in [9.17, 15) is 13.2 Å². The molecule has 5 rings (SSSR count). The maximum Gasteiger partial charge on any atom is 0.416 e. The van der Waals surface area contributed by atoms with Crippen LogP contribution in [0.4, 0.5) is 13.2 Å². The molecule has 0 bridgehead atoms. The third kappa shape index (κ3) is 4.51. The lowest BCUT2D eigenvalue weighted by Crippen LogP contribution is -2.05. The highest BCUT2D eigenvalue weighted by molar-refractivity contribution is 5.83. The lowest BCUT2D eigenvalue weighted by atomic mass is 10.1. The van der Waals surface area contributed by atoms with E-state index in [-0.39, 0.29) is 0 Å². The van der Waals surface area contributed by atoms with Crippen LogP contribution in [-0.2, 0) is 6.18 Å². The number of alkyl halides is 3. The normalized spacial score (nSPS) is 14.1. The fraction of sp³-hybridized carbons (Fsp3) is 0.222. The summed E-state index contributed by atoms with van der Waals surface area (Å²) in [7, 11) is 1.61. The van der Waals surface area contributed by atoms with Crippen molar-refractivity contribution in [2.75, 3.05) is 13.7 Å². The van der Waals surface area contributed by atoms with E-state index >= 15 is 0 Å². The highest BCUT2D eigenvalue weighted by Gasteiger charge is 2.30. The van der Waals surface area contributed by atoms with Gasteiger partial charge in [-0.05, 0) is 73.4 Å². The second kappa shape index (κ2) is 8.89. The van der Waals surface area contributed by atoms with Crippen LogP contribution in [0.15, 0.2) is 66.7 Å². The van der Waals surface area contributed by atoms with E-state index in [1.54, 1.807) is 7.11 Å². The van der Waals surface area contributed by atoms with E-state index < -0.39 is 11.7 Å². The second-order valence-electron chi connectivity index (χ2n) is 8.31. The Balaban J connectivity index is 1.55. The van der Waals surface area contributed by atoms with Crippen molar-refractivity contribution in [2.45, 2.75) is 19.0 Å². The summed E-state index contributed by atoms with van der Waals surface area (Å²) in [6, 6.07) is 18.3. The molecule has 1 fully saturated rings. The molecule has 4 aromatic rings. The first-order valence-corrected chi connectivity index (χ1v) is 11.1. The SMILES string of the molecule is COc1cccc(C=Cc2nc3ccccc3n2-c2ccc(C(F)(F)F)cc2)c1OCC1CC1. The van der Waals surface area contributed by atoms with E-state index in [1.807, 2.05) is 59.2 Å². The van der Waals surface area contributed by atoms with Crippen molar-refractivity contribution >= 4 is 23.2 Å². The summed E-state index contributed by atoms with van der Waals surface area (Å²) in [6.07, 6.45) is 1.71. The van der Waals surface area contributed by atoms with E-state index in [1.165, 1.54) is 25.0 Å². The van der Waals surface area contributed by atoms with Gasteiger partial charge in [-0.2, -0.15) is 13.2 Å². The van der Waals surface area contributed by atoms with Gasteiger partial charge in [0.05, 0.1) is 30.3 Å². The van der Waals surface area contributed by atoms with Gasteiger partial charge in [0.15, 0.2) is 11.5 Å². The van der Waals surface area contributed by atoms with Crippen LogP contribution in [0.2, 0.25) is 0 Å². The average Bonchev–Trinajstić information content (AvgIpc) is 3.59. The van der Waals surface area contributed by atoms with Crippen LogP contribution >= 0.6 is 0 Å². The van der Waals surface area contributed by atoms with Crippen molar-refractivity contribution in [3.8, 4) is 17.2 Å². The number of benzene rings is 3. The Hall–Kier alpha value is -3.74. The summed E-state index contributed by atoms with van der Waals surface area (Å²) in [4.78, 5) is 4.71. The van der Waals surface area contributed by atoms with Crippen LogP contribution in [0.5, 0.6) is 11.5 Å². The second-order valence-corrected chi connectivity index (χ2v) is 8.31. The van der Waals surface area contributed by atoms with Gasteiger partial charge in [-0.1, -0.05) is 24.3 Å². The number of ether oxygens (including phenoxy) is 2. The Morgan fingerprint density at radius 3 is 2.44 bits per heavy atom. The number of hydrogen-bond donors (Lipinski definition) is 0. The highest BCUT2D eigenvalue weighted by Crippen LogP contribution is 2.36. The molecular weight excluding hydrogens is 441 g/mol. The molecule has 1 aromatic heterocycles. The first kappa shape index (κ1) is 22.1. The number of nitrogens with zero attached hydrogens (tertiary/aromatic N) is 2. The molecule has 0 saturated heterocycles. The third-order valence-corrected chi connectivity index (χ3v) is 5.84. The summed E-state index contributed by atoms with van der Waals surface area (Å²) in [5.41, 5.74) is 2.30. The van der Waals surface area contributed by atoms with E-state index in [0.29, 0.717) is 35.5 Å². The fourth-order valence-corrected chi connectivity index (χ4v) is 3.86. The Morgan fingerprint density at radius 2 is 1.74 bits per heavy atom. The molecule has 1 saturated carbocycles. The zero-order valence-electron chi connectivity index (χ0n) is 18.5. The smallest absolute Gasteiger partial charge is 0.416 e. The molecule has 0 N–H and O–H groups in total. The largest absolute Gasteiger partial charge is 0.493 e. The Bertz CT molecular complexity index is 1340. The quantitative estimate of drug-likeness (QED) is 0.295. The van der Waals surface area contributed by atoms with Crippen molar-refractivity contribution in [2.24, 2.45) is 5.92 Å². The molecule has 0 radical (unpaired) electrons. The zero-order valence-corrected chi connectivity index (χ0v) is 18.5. The van der Waals surface area contributed by atoms with Crippen molar-refractivity contribution < 1.29 is 22.6 Å². The number of halogens is 3. The molecule has 0 amide bonds. The molecular formula is C27H23F3N2O2. The number of methoxy groups -OCH3 is 1. The van der Waals surface area contributed by atoms with E-state index in [2.05, 4.69) is 0 Å². The van der Waals surface area contributed by atoms with Gasteiger partial charge in [0.25, 0.3) is 0 Å². The lowest BCUT2D eigenvalue weighted by molar-refractivity contribution is -0.137. The summed E-state index contributed by atoms with van der Waals surface area (Å²) < 4.78 is 52.6. The van der Waals surface area contributed by atoms with E-state index in [0.717, 1.165) is 28.7 Å². The monoisotopic (exact) mass is 464 g/mol. The first-order chi connectivity index (χ1) is 16.4. The molecule has 7 heteroatoms. The minimum absolute atomic E-state index is 0.589. The molecule has 3 aromatic carbocycles. The number of hydrogen-bond acceptors (Lipinski definition) is 3. The first-order valence-electron chi connectivity index (χ1n) is 11.1. The fourth-order valence-electron chi connectivity index (χ4n) is 3.86. The third-order valence-electron chi connectivity index (χ3n) is 5.84. The van der Waals surface area contributed by atoms with Gasteiger partial charge in [0.2, 0.25) is 0 Å². The summed E-state index contributed by atoms with van der Waals surface area (Å²) in [5, 5.41) is 0. The standard InChI is InChI=1S/C27H23F3N2O2/c1-33-24-8-4-5-19(26(24)34-17-18-9-10-18)11-16-25-31-22-6-2-3-7-23(22)32(25)21-14-12-20(13-15-21)27(28,29)30/h2-8,11-16,18H,9-10,17H2,1H3. The summed E-state index contributed by atoms with van der Waals surface area (Å²) in [6.45, 7) is 0.644. The maximum atomic E-state index is 13.1. The minimum atomic E-state index is -4.39. The van der Waals surface area contributed by atoms with Gasteiger partial charge in [-0.3, -0.25) is 4.57 Å². The van der Waals surface area contributed by atoms with Crippen LogP contribution in [0.25, 0.3) is 28.9 Å².